The van der Waals surface area contributed by atoms with Crippen LogP contribution >= 0.6 is 10.7 Å². The summed E-state index contributed by atoms with van der Waals surface area (Å²) in [5.41, 5.74) is 0.641. The Morgan fingerprint density at radius 1 is 1.40 bits per heavy atom. The van der Waals surface area contributed by atoms with Gasteiger partial charge in [0.15, 0.2) is 0 Å². The van der Waals surface area contributed by atoms with Crippen LogP contribution < -0.4 is 0 Å². The van der Waals surface area contributed by atoms with Gasteiger partial charge in [0.2, 0.25) is 0 Å². The van der Waals surface area contributed by atoms with Crippen molar-refractivity contribution in [3.05, 3.63) is 30.2 Å². The van der Waals surface area contributed by atoms with E-state index in [4.69, 9.17) is 15.4 Å². The molecule has 0 atom stereocenters. The Kier molecular flexibility index (Phi) is 4.67. The molecule has 0 amide bonds. The molecule has 20 heavy (non-hydrogen) atoms. The summed E-state index contributed by atoms with van der Waals surface area (Å²) in [6, 6.07) is 4.03. The minimum Gasteiger partial charge on any atom is -0.382 e. The highest BCUT2D eigenvalue weighted by Gasteiger charge is 2.19. The Bertz CT molecular complexity index is 712. The van der Waals surface area contributed by atoms with Gasteiger partial charge in [-0.1, -0.05) is 0 Å². The molecule has 0 fully saturated rings. The molecule has 4 nitrogen and oxygen atoms in total. The number of aromatic nitrogens is 1. The average molecular weight is 320 g/mol. The number of nitrogens with zero attached hydrogens (tertiary/aromatic N) is 1. The lowest BCUT2D eigenvalue weighted by Gasteiger charge is -2.05. The number of fused-ring (bicyclic) bond motifs is 1. The Hall–Kier alpha value is -1.11. The summed E-state index contributed by atoms with van der Waals surface area (Å²) >= 11 is 0. The highest BCUT2D eigenvalue weighted by Crippen LogP contribution is 2.28. The summed E-state index contributed by atoms with van der Waals surface area (Å²) in [5.74, 6) is -0.494. The van der Waals surface area contributed by atoms with E-state index in [9.17, 15) is 12.8 Å². The molecule has 0 bridgehead atoms. The molecule has 0 N–H and O–H groups in total. The lowest BCUT2D eigenvalue weighted by atomic mass is 10.2. The third-order valence-electron chi connectivity index (χ3n) is 2.96. The molecule has 2 rings (SSSR count). The first-order valence-corrected chi connectivity index (χ1v) is 8.55. The Morgan fingerprint density at radius 3 is 2.80 bits per heavy atom. The molecule has 0 spiro atoms. The largest absolute Gasteiger partial charge is 0.382 e. The van der Waals surface area contributed by atoms with Gasteiger partial charge in [-0.25, -0.2) is 12.8 Å². The third-order valence-corrected chi connectivity index (χ3v) is 4.31. The van der Waals surface area contributed by atoms with E-state index in [2.05, 4.69) is 0 Å². The van der Waals surface area contributed by atoms with Crippen LogP contribution in [0.25, 0.3) is 10.9 Å². The number of halogens is 2. The fraction of sp³-hybridized carbons (Fsp3) is 0.385. The van der Waals surface area contributed by atoms with Crippen LogP contribution in [0.15, 0.2) is 29.3 Å². The first-order valence-electron chi connectivity index (χ1n) is 6.24. The van der Waals surface area contributed by atoms with Crippen molar-refractivity contribution in [1.82, 2.24) is 4.57 Å². The van der Waals surface area contributed by atoms with Gasteiger partial charge in [0.05, 0.1) is 0 Å². The molecule has 0 saturated heterocycles. The lowest BCUT2D eigenvalue weighted by molar-refractivity contribution is 0.142. The van der Waals surface area contributed by atoms with Crippen LogP contribution in [0, 0.1) is 5.82 Å². The van der Waals surface area contributed by atoms with Gasteiger partial charge in [-0.3, -0.25) is 0 Å². The standard InChI is InChI=1S/C13H15ClFNO3S/c1-2-19-7-3-6-16-9-13(20(14,17)18)11-8-10(15)4-5-12(11)16/h4-5,8-9H,2-3,6-7H2,1H3. The van der Waals surface area contributed by atoms with E-state index < -0.39 is 14.9 Å². The second-order valence-electron chi connectivity index (χ2n) is 4.34. The van der Waals surface area contributed by atoms with Gasteiger partial charge >= 0.3 is 0 Å². The predicted molar refractivity (Wildman–Crippen MR) is 76.0 cm³/mol. The van der Waals surface area contributed by atoms with Crippen LogP contribution in [0.3, 0.4) is 0 Å². The monoisotopic (exact) mass is 319 g/mol. The van der Waals surface area contributed by atoms with Crippen molar-refractivity contribution in [1.29, 1.82) is 0 Å². The summed E-state index contributed by atoms with van der Waals surface area (Å²) in [5, 5.41) is 0.302. The van der Waals surface area contributed by atoms with Gasteiger partial charge in [-0.05, 0) is 31.5 Å². The molecule has 0 aliphatic rings. The summed E-state index contributed by atoms with van der Waals surface area (Å²) in [4.78, 5) is -0.0647. The predicted octanol–water partition coefficient (Wildman–Crippen LogP) is 3.13. The fourth-order valence-electron chi connectivity index (χ4n) is 2.10. The Balaban J connectivity index is 2.40. The van der Waals surface area contributed by atoms with Gasteiger partial charge in [0, 0.05) is 47.5 Å². The minimum atomic E-state index is -3.91. The topological polar surface area (TPSA) is 48.3 Å². The highest BCUT2D eigenvalue weighted by molar-refractivity contribution is 8.14. The van der Waals surface area contributed by atoms with Crippen LogP contribution in [0.1, 0.15) is 13.3 Å². The second-order valence-corrected chi connectivity index (χ2v) is 6.87. The van der Waals surface area contributed by atoms with Crippen LogP contribution in [0.4, 0.5) is 4.39 Å². The maximum Gasteiger partial charge on any atom is 0.263 e. The maximum absolute atomic E-state index is 13.3. The van der Waals surface area contributed by atoms with Crippen molar-refractivity contribution in [3.63, 3.8) is 0 Å². The lowest BCUT2D eigenvalue weighted by Crippen LogP contribution is -2.01. The number of hydrogen-bond donors (Lipinski definition) is 0. The molecule has 1 heterocycles. The molecule has 2 aromatic rings. The first-order chi connectivity index (χ1) is 9.43. The molecule has 0 radical (unpaired) electrons. The number of aryl methyl sites for hydroxylation is 1. The van der Waals surface area contributed by atoms with E-state index in [0.717, 1.165) is 6.42 Å². The van der Waals surface area contributed by atoms with Gasteiger partial charge in [0.1, 0.15) is 10.7 Å². The van der Waals surface area contributed by atoms with Crippen LogP contribution in [-0.4, -0.2) is 26.2 Å². The van der Waals surface area contributed by atoms with Crippen LogP contribution in [0.5, 0.6) is 0 Å². The average Bonchev–Trinajstić information content (AvgIpc) is 2.72. The maximum atomic E-state index is 13.3. The van der Waals surface area contributed by atoms with E-state index in [1.54, 1.807) is 10.6 Å². The van der Waals surface area contributed by atoms with Gasteiger partial charge < -0.3 is 9.30 Å². The van der Waals surface area contributed by atoms with Crippen LogP contribution in [-0.2, 0) is 20.3 Å². The molecule has 0 aliphatic carbocycles. The van der Waals surface area contributed by atoms with Gasteiger partial charge in [0.25, 0.3) is 9.05 Å². The molecule has 110 valence electrons. The third kappa shape index (κ3) is 3.31. The molecule has 0 unspecified atom stereocenters. The quantitative estimate of drug-likeness (QED) is 0.607. The summed E-state index contributed by atoms with van der Waals surface area (Å²) in [6.07, 6.45) is 2.18. The molecule has 7 heteroatoms. The van der Waals surface area contributed by atoms with Gasteiger partial charge in [-0.2, -0.15) is 0 Å². The molecule has 1 aromatic heterocycles. The molecule has 0 aliphatic heterocycles. The van der Waals surface area contributed by atoms with E-state index in [0.29, 0.717) is 30.7 Å². The number of ether oxygens (including phenoxy) is 1. The van der Waals surface area contributed by atoms with Crippen molar-refractivity contribution >= 4 is 30.6 Å². The SMILES string of the molecule is CCOCCCn1cc(S(=O)(=O)Cl)c2cc(F)ccc21. The fourth-order valence-corrected chi connectivity index (χ4v) is 3.15. The van der Waals surface area contributed by atoms with Crippen molar-refractivity contribution in [2.75, 3.05) is 13.2 Å². The van der Waals surface area contributed by atoms with Crippen molar-refractivity contribution in [2.45, 2.75) is 24.8 Å². The zero-order valence-electron chi connectivity index (χ0n) is 11.0. The smallest absolute Gasteiger partial charge is 0.263 e. The minimum absolute atomic E-state index is 0.0647. The summed E-state index contributed by atoms with van der Waals surface area (Å²) < 4.78 is 43.4. The normalized spacial score (nSPS) is 12.2. The van der Waals surface area contributed by atoms with E-state index in [1.165, 1.54) is 18.3 Å². The summed E-state index contributed by atoms with van der Waals surface area (Å²) in [6.45, 7) is 3.71. The van der Waals surface area contributed by atoms with E-state index in [-0.39, 0.29) is 4.90 Å². The van der Waals surface area contributed by atoms with Crippen molar-refractivity contribution in [3.8, 4) is 0 Å². The van der Waals surface area contributed by atoms with Crippen molar-refractivity contribution in [2.24, 2.45) is 0 Å². The molecule has 1 aromatic carbocycles. The first kappa shape index (κ1) is 15.3. The highest BCUT2D eigenvalue weighted by atomic mass is 35.7. The number of rotatable bonds is 6. The van der Waals surface area contributed by atoms with Crippen LogP contribution in [0.2, 0.25) is 0 Å². The van der Waals surface area contributed by atoms with Crippen molar-refractivity contribution < 1.29 is 17.5 Å². The Morgan fingerprint density at radius 2 is 2.15 bits per heavy atom. The number of benzene rings is 1. The van der Waals surface area contributed by atoms with E-state index in [1.807, 2.05) is 6.92 Å². The second kappa shape index (κ2) is 6.11. The van der Waals surface area contributed by atoms with E-state index >= 15 is 0 Å². The van der Waals surface area contributed by atoms with Gasteiger partial charge in [-0.15, -0.1) is 0 Å². The zero-order chi connectivity index (χ0) is 14.8. The summed E-state index contributed by atoms with van der Waals surface area (Å²) in [7, 11) is 1.49. The molecular weight excluding hydrogens is 305 g/mol. The Labute approximate surface area is 121 Å². The molecular formula is C13H15ClFNO3S. The zero-order valence-corrected chi connectivity index (χ0v) is 12.5. The molecule has 0 saturated carbocycles. The number of hydrogen-bond acceptors (Lipinski definition) is 3.